The van der Waals surface area contributed by atoms with Crippen molar-refractivity contribution < 1.29 is 26.3 Å². The van der Waals surface area contributed by atoms with Crippen LogP contribution in [-0.4, -0.2) is 16.0 Å². The Hall–Kier alpha value is -1.94. The molecule has 0 radical (unpaired) electrons. The van der Waals surface area contributed by atoms with Crippen molar-refractivity contribution in [1.29, 1.82) is 0 Å². The van der Waals surface area contributed by atoms with Crippen LogP contribution in [0.3, 0.4) is 0 Å². The van der Waals surface area contributed by atoms with Crippen molar-refractivity contribution in [3.05, 3.63) is 46.0 Å². The van der Waals surface area contributed by atoms with E-state index in [9.17, 15) is 26.3 Å². The van der Waals surface area contributed by atoms with E-state index in [4.69, 9.17) is 28.9 Å². The molecule has 0 spiro atoms. The van der Waals surface area contributed by atoms with Gasteiger partial charge in [-0.25, -0.2) is 9.97 Å². The van der Waals surface area contributed by atoms with Crippen LogP contribution in [0.25, 0.3) is 0 Å². The number of alkyl halides is 6. The molecule has 150 valence electrons. The molecule has 2 aromatic rings. The number of nitrogens with two attached hydrogens (primary N) is 1. The summed E-state index contributed by atoms with van der Waals surface area (Å²) < 4.78 is 72.9. The Morgan fingerprint density at radius 2 is 1.33 bits per heavy atom. The molecule has 12 heteroatoms. The number of rotatable bonds is 2. The number of nitrogens with one attached hydrogen (secondary N) is 1. The first-order valence-electron chi connectivity index (χ1n) is 7.19. The van der Waals surface area contributed by atoms with E-state index in [2.05, 4.69) is 15.3 Å². The van der Waals surface area contributed by atoms with E-state index in [0.717, 1.165) is 12.1 Å². The molecule has 3 N–H and O–H groups in total. The van der Waals surface area contributed by atoms with Crippen LogP contribution in [0.1, 0.15) is 25.0 Å². The Labute approximate surface area is 160 Å². The number of nitrogen functional groups attached to an aromatic ring is 1. The number of aromatic nitrogens is 2. The van der Waals surface area contributed by atoms with Crippen LogP contribution in [0.4, 0.5) is 37.7 Å². The molecule has 2 heterocycles. The Balaban J connectivity index is 0.000000277. The number of hydrogen-bond donors (Lipinski definition) is 2. The molecule has 0 bridgehead atoms. The normalized spacial score (nSPS) is 11.8. The Morgan fingerprint density at radius 3 is 1.74 bits per heavy atom. The lowest BCUT2D eigenvalue weighted by atomic mass is 10.2. The fourth-order valence-electron chi connectivity index (χ4n) is 1.64. The van der Waals surface area contributed by atoms with Gasteiger partial charge in [0.15, 0.2) is 10.3 Å². The largest absolute Gasteiger partial charge is 0.417 e. The van der Waals surface area contributed by atoms with Gasteiger partial charge in [-0.2, -0.15) is 26.3 Å². The maximum Gasteiger partial charge on any atom is 0.417 e. The fourth-order valence-corrected chi connectivity index (χ4v) is 1.90. The SMILES string of the molecule is CC(C)Nc1cc(C(F)(F)F)cnc1Cl.Nc1cc(C(F)(F)F)cnc1Cl. The second-order valence-electron chi connectivity index (χ2n) is 5.46. The highest BCUT2D eigenvalue weighted by Crippen LogP contribution is 2.33. The first kappa shape index (κ1) is 23.1. The molecular weight excluding hydrogens is 421 g/mol. The average molecular weight is 435 g/mol. The Kier molecular flexibility index (Phi) is 7.56. The summed E-state index contributed by atoms with van der Waals surface area (Å²) in [4.78, 5) is 6.75. The summed E-state index contributed by atoms with van der Waals surface area (Å²) in [5, 5.41) is 2.71. The molecule has 0 saturated carbocycles. The zero-order valence-electron chi connectivity index (χ0n) is 13.9. The fraction of sp³-hybridized carbons (Fsp3) is 0.333. The third-order valence-corrected chi connectivity index (χ3v) is 3.42. The van der Waals surface area contributed by atoms with Gasteiger partial charge >= 0.3 is 12.4 Å². The highest BCUT2D eigenvalue weighted by atomic mass is 35.5. The van der Waals surface area contributed by atoms with E-state index in [1.54, 1.807) is 13.8 Å². The zero-order valence-corrected chi connectivity index (χ0v) is 15.4. The van der Waals surface area contributed by atoms with Gasteiger partial charge in [-0.1, -0.05) is 23.2 Å². The number of nitrogens with zero attached hydrogens (tertiary/aromatic N) is 2. The van der Waals surface area contributed by atoms with Crippen LogP contribution in [0.5, 0.6) is 0 Å². The van der Waals surface area contributed by atoms with Gasteiger partial charge < -0.3 is 11.1 Å². The predicted octanol–water partition coefficient (Wildman–Crippen LogP) is 5.91. The van der Waals surface area contributed by atoms with Gasteiger partial charge in [0.1, 0.15) is 0 Å². The lowest BCUT2D eigenvalue weighted by molar-refractivity contribution is -0.138. The van der Waals surface area contributed by atoms with Gasteiger partial charge in [0, 0.05) is 18.4 Å². The van der Waals surface area contributed by atoms with Gasteiger partial charge in [-0.15, -0.1) is 0 Å². The second-order valence-corrected chi connectivity index (χ2v) is 6.18. The van der Waals surface area contributed by atoms with Gasteiger partial charge in [-0.05, 0) is 26.0 Å². The molecule has 0 fully saturated rings. The van der Waals surface area contributed by atoms with E-state index in [1.165, 1.54) is 0 Å². The first-order chi connectivity index (χ1) is 12.2. The molecule has 4 nitrogen and oxygen atoms in total. The molecule has 0 aromatic carbocycles. The van der Waals surface area contributed by atoms with Gasteiger partial charge in [-0.3, -0.25) is 0 Å². The van der Waals surface area contributed by atoms with Gasteiger partial charge in [0.25, 0.3) is 0 Å². The van der Waals surface area contributed by atoms with E-state index in [1.807, 2.05) is 0 Å². The maximum atomic E-state index is 12.3. The van der Waals surface area contributed by atoms with Gasteiger partial charge in [0.05, 0.1) is 22.5 Å². The van der Waals surface area contributed by atoms with Crippen molar-refractivity contribution in [2.45, 2.75) is 32.2 Å². The Morgan fingerprint density at radius 1 is 0.889 bits per heavy atom. The number of hydrogen-bond acceptors (Lipinski definition) is 4. The first-order valence-corrected chi connectivity index (χ1v) is 7.95. The second kappa shape index (κ2) is 8.83. The van der Waals surface area contributed by atoms with Crippen LogP contribution < -0.4 is 11.1 Å². The van der Waals surface area contributed by atoms with Crippen molar-refractivity contribution in [3.63, 3.8) is 0 Å². The molecule has 0 unspecified atom stereocenters. The van der Waals surface area contributed by atoms with Crippen LogP contribution in [0.15, 0.2) is 24.5 Å². The molecule has 27 heavy (non-hydrogen) atoms. The molecule has 2 aromatic heterocycles. The van der Waals surface area contributed by atoms with Crippen LogP contribution in [0.2, 0.25) is 10.3 Å². The highest BCUT2D eigenvalue weighted by molar-refractivity contribution is 6.32. The third kappa shape index (κ3) is 7.30. The van der Waals surface area contributed by atoms with E-state index in [-0.39, 0.29) is 27.7 Å². The van der Waals surface area contributed by atoms with Crippen molar-refractivity contribution >= 4 is 34.6 Å². The minimum absolute atomic E-state index is 0.00668. The third-order valence-electron chi connectivity index (χ3n) is 2.80. The summed E-state index contributed by atoms with van der Waals surface area (Å²) in [5.74, 6) is 0. The molecule has 0 aliphatic heterocycles. The summed E-state index contributed by atoms with van der Waals surface area (Å²) in [7, 11) is 0. The summed E-state index contributed by atoms with van der Waals surface area (Å²) in [6.07, 6.45) is -7.47. The predicted molar refractivity (Wildman–Crippen MR) is 91.7 cm³/mol. The summed E-state index contributed by atoms with van der Waals surface area (Å²) >= 11 is 11.0. The standard InChI is InChI=1S/C9H10ClF3N2.C6H4ClF3N2/c1-5(2)15-7-3-6(9(11,12)13)4-14-8(7)10;7-5-4(11)1-3(2-12-5)6(8,9)10/h3-5,15H,1-2H3;1-2H,11H2. The molecular formula is C15H14Cl2F6N4. The average Bonchev–Trinajstić information content (AvgIpc) is 2.50. The van der Waals surface area contributed by atoms with Crippen LogP contribution in [-0.2, 0) is 12.4 Å². The van der Waals surface area contributed by atoms with E-state index in [0.29, 0.717) is 12.4 Å². The zero-order chi connectivity index (χ0) is 21.0. The number of halogens is 8. The summed E-state index contributed by atoms with van der Waals surface area (Å²) in [5.41, 5.74) is 3.44. The molecule has 0 amide bonds. The van der Waals surface area contributed by atoms with E-state index < -0.39 is 23.5 Å². The van der Waals surface area contributed by atoms with Crippen molar-refractivity contribution in [1.82, 2.24) is 9.97 Å². The molecule has 0 saturated heterocycles. The molecule has 2 rings (SSSR count). The van der Waals surface area contributed by atoms with E-state index >= 15 is 0 Å². The number of pyridine rings is 2. The quantitative estimate of drug-likeness (QED) is 0.455. The van der Waals surface area contributed by atoms with Crippen molar-refractivity contribution in [2.24, 2.45) is 0 Å². The minimum Gasteiger partial charge on any atom is -0.396 e. The van der Waals surface area contributed by atoms with Crippen molar-refractivity contribution in [2.75, 3.05) is 11.1 Å². The summed E-state index contributed by atoms with van der Waals surface area (Å²) in [6.45, 7) is 3.60. The summed E-state index contributed by atoms with van der Waals surface area (Å²) in [6, 6.07) is 1.69. The maximum absolute atomic E-state index is 12.3. The topological polar surface area (TPSA) is 63.8 Å². The highest BCUT2D eigenvalue weighted by Gasteiger charge is 2.32. The molecule has 0 atom stereocenters. The smallest absolute Gasteiger partial charge is 0.396 e. The van der Waals surface area contributed by atoms with Crippen molar-refractivity contribution in [3.8, 4) is 0 Å². The van der Waals surface area contributed by atoms with Gasteiger partial charge in [0.2, 0.25) is 0 Å². The lowest BCUT2D eigenvalue weighted by Crippen LogP contribution is -2.12. The van der Waals surface area contributed by atoms with Crippen LogP contribution >= 0.6 is 23.2 Å². The molecule has 0 aliphatic rings. The minimum atomic E-state index is -4.42. The number of anilines is 2. The monoisotopic (exact) mass is 434 g/mol. The Bertz CT molecular complexity index is 778. The lowest BCUT2D eigenvalue weighted by Gasteiger charge is -2.13. The molecule has 0 aliphatic carbocycles. The van der Waals surface area contributed by atoms with Crippen LogP contribution in [0, 0.1) is 0 Å².